The van der Waals surface area contributed by atoms with Crippen LogP contribution in [0.15, 0.2) is 57.0 Å². The summed E-state index contributed by atoms with van der Waals surface area (Å²) in [5, 5.41) is 12.4. The first-order valence-corrected chi connectivity index (χ1v) is 9.96. The summed E-state index contributed by atoms with van der Waals surface area (Å²) in [7, 11) is 0. The van der Waals surface area contributed by atoms with Crippen LogP contribution in [-0.2, 0) is 17.9 Å². The van der Waals surface area contributed by atoms with E-state index >= 15 is 0 Å². The average molecular weight is 397 g/mol. The van der Waals surface area contributed by atoms with Crippen LogP contribution in [0.3, 0.4) is 0 Å². The highest BCUT2D eigenvalue weighted by atomic mass is 32.2. The second-order valence-electron chi connectivity index (χ2n) is 6.24. The molecule has 4 rings (SSSR count). The number of thioether (sulfide) groups is 1. The summed E-state index contributed by atoms with van der Waals surface area (Å²) in [6, 6.07) is 11.0. The fourth-order valence-corrected chi connectivity index (χ4v) is 3.80. The minimum Gasteiger partial charge on any atom is -0.467 e. The molecule has 0 saturated carbocycles. The molecule has 0 aliphatic carbocycles. The summed E-state index contributed by atoms with van der Waals surface area (Å²) >= 11 is 1.28. The highest BCUT2D eigenvalue weighted by Crippen LogP contribution is 2.21. The van der Waals surface area contributed by atoms with Gasteiger partial charge in [0, 0.05) is 6.54 Å². The van der Waals surface area contributed by atoms with Crippen LogP contribution in [0, 0.1) is 0 Å². The first-order valence-electron chi connectivity index (χ1n) is 8.97. The molecular formula is C19H19N5O3S. The minimum absolute atomic E-state index is 0.0786. The van der Waals surface area contributed by atoms with Gasteiger partial charge >= 0.3 is 0 Å². The lowest BCUT2D eigenvalue weighted by Crippen LogP contribution is -2.24. The molecule has 0 radical (unpaired) electrons. The van der Waals surface area contributed by atoms with Crippen LogP contribution < -0.4 is 10.9 Å². The van der Waals surface area contributed by atoms with Crippen molar-refractivity contribution < 1.29 is 9.21 Å². The number of hydrogen-bond acceptors (Lipinski definition) is 6. The summed E-state index contributed by atoms with van der Waals surface area (Å²) in [6.07, 6.45) is 2.37. The molecule has 1 amide bonds. The van der Waals surface area contributed by atoms with Crippen LogP contribution in [0.25, 0.3) is 16.7 Å². The number of aryl methyl sites for hydroxylation is 1. The van der Waals surface area contributed by atoms with E-state index in [9.17, 15) is 9.59 Å². The Balaban J connectivity index is 1.63. The Morgan fingerprint density at radius 2 is 2.07 bits per heavy atom. The van der Waals surface area contributed by atoms with Gasteiger partial charge < -0.3 is 9.73 Å². The van der Waals surface area contributed by atoms with E-state index in [0.29, 0.717) is 35.2 Å². The first kappa shape index (κ1) is 18.3. The maximum absolute atomic E-state index is 12.8. The lowest BCUT2D eigenvalue weighted by atomic mass is 10.2. The number of amides is 1. The molecule has 0 bridgehead atoms. The molecule has 4 aromatic rings. The van der Waals surface area contributed by atoms with Crippen molar-refractivity contribution in [2.24, 2.45) is 0 Å². The molecule has 3 heterocycles. The lowest BCUT2D eigenvalue weighted by molar-refractivity contribution is -0.118. The van der Waals surface area contributed by atoms with Gasteiger partial charge in [0.25, 0.3) is 5.56 Å². The Hall–Kier alpha value is -3.07. The van der Waals surface area contributed by atoms with Gasteiger partial charge in [-0.2, -0.15) is 0 Å². The minimum atomic E-state index is -0.135. The van der Waals surface area contributed by atoms with Gasteiger partial charge in [-0.15, -0.1) is 10.2 Å². The monoisotopic (exact) mass is 397 g/mol. The van der Waals surface area contributed by atoms with E-state index in [4.69, 9.17) is 4.42 Å². The number of aromatic nitrogens is 4. The molecule has 0 aliphatic rings. The molecule has 9 heteroatoms. The van der Waals surface area contributed by atoms with E-state index in [-0.39, 0.29) is 17.2 Å². The average Bonchev–Trinajstić information content (AvgIpc) is 3.38. The van der Waals surface area contributed by atoms with Gasteiger partial charge in [-0.1, -0.05) is 30.8 Å². The smallest absolute Gasteiger partial charge is 0.262 e. The van der Waals surface area contributed by atoms with E-state index in [1.165, 1.54) is 11.8 Å². The molecule has 28 heavy (non-hydrogen) atoms. The molecule has 0 aliphatic heterocycles. The Morgan fingerprint density at radius 3 is 2.86 bits per heavy atom. The maximum atomic E-state index is 12.8. The van der Waals surface area contributed by atoms with E-state index in [2.05, 4.69) is 15.5 Å². The van der Waals surface area contributed by atoms with Gasteiger partial charge in [-0.3, -0.25) is 18.6 Å². The second-order valence-corrected chi connectivity index (χ2v) is 7.18. The van der Waals surface area contributed by atoms with Gasteiger partial charge in [-0.05, 0) is 30.7 Å². The van der Waals surface area contributed by atoms with Gasteiger partial charge in [0.05, 0.1) is 29.5 Å². The molecule has 3 aromatic heterocycles. The molecule has 8 nitrogen and oxygen atoms in total. The second kappa shape index (κ2) is 7.89. The number of nitrogens with zero attached hydrogens (tertiary/aromatic N) is 4. The van der Waals surface area contributed by atoms with Crippen molar-refractivity contribution in [2.45, 2.75) is 31.6 Å². The third-order valence-corrected chi connectivity index (χ3v) is 5.23. The normalized spacial score (nSPS) is 11.3. The largest absolute Gasteiger partial charge is 0.467 e. The van der Waals surface area contributed by atoms with Crippen molar-refractivity contribution in [3.8, 4) is 0 Å². The first-order chi connectivity index (χ1) is 13.7. The fourth-order valence-electron chi connectivity index (χ4n) is 3.03. The summed E-state index contributed by atoms with van der Waals surface area (Å²) < 4.78 is 8.69. The highest BCUT2D eigenvalue weighted by molar-refractivity contribution is 7.99. The number of benzene rings is 1. The molecule has 1 N–H and O–H groups in total. The SMILES string of the molecule is CCCn1c(=O)c2ccccc2n2c(SCC(=O)NCc3ccco3)nnc12. The standard InChI is InChI=1S/C19H19N5O3S/c1-2-9-23-17(26)14-7-3-4-8-15(14)24-18(23)21-22-19(24)28-12-16(25)20-11-13-6-5-10-27-13/h3-8,10H,2,9,11-12H2,1H3,(H,20,25). The van der Waals surface area contributed by atoms with Crippen molar-refractivity contribution in [1.82, 2.24) is 24.5 Å². The molecule has 1 aromatic carbocycles. The fraction of sp³-hybridized carbons (Fsp3) is 0.263. The predicted octanol–water partition coefficient (Wildman–Crippen LogP) is 2.46. The van der Waals surface area contributed by atoms with Crippen molar-refractivity contribution in [2.75, 3.05) is 5.75 Å². The van der Waals surface area contributed by atoms with Gasteiger partial charge in [0.1, 0.15) is 5.76 Å². The number of furan rings is 1. The Bertz CT molecular complexity index is 1180. The van der Waals surface area contributed by atoms with Crippen LogP contribution in [0.1, 0.15) is 19.1 Å². The number of rotatable bonds is 7. The number of carbonyl (C=O) groups excluding carboxylic acids is 1. The summed E-state index contributed by atoms with van der Waals surface area (Å²) in [5.41, 5.74) is 0.656. The Labute approximate surface area is 164 Å². The van der Waals surface area contributed by atoms with E-state index in [0.717, 1.165) is 11.9 Å². The Kier molecular flexibility index (Phi) is 5.16. The quantitative estimate of drug-likeness (QED) is 0.482. The van der Waals surface area contributed by atoms with Crippen molar-refractivity contribution in [1.29, 1.82) is 0 Å². The maximum Gasteiger partial charge on any atom is 0.262 e. The molecular weight excluding hydrogens is 378 g/mol. The highest BCUT2D eigenvalue weighted by Gasteiger charge is 2.17. The van der Waals surface area contributed by atoms with Crippen LogP contribution in [-0.4, -0.2) is 30.8 Å². The number of carbonyl (C=O) groups is 1. The van der Waals surface area contributed by atoms with Gasteiger partial charge in [-0.25, -0.2) is 0 Å². The van der Waals surface area contributed by atoms with Crippen molar-refractivity contribution >= 4 is 34.3 Å². The zero-order valence-corrected chi connectivity index (χ0v) is 16.1. The third-order valence-electron chi connectivity index (χ3n) is 4.30. The number of fused-ring (bicyclic) bond motifs is 3. The van der Waals surface area contributed by atoms with Gasteiger partial charge in [0.15, 0.2) is 5.16 Å². The van der Waals surface area contributed by atoms with E-state index in [1.54, 1.807) is 29.0 Å². The van der Waals surface area contributed by atoms with Crippen molar-refractivity contribution in [3.05, 3.63) is 58.8 Å². The molecule has 144 valence electrons. The summed E-state index contributed by atoms with van der Waals surface area (Å²) in [4.78, 5) is 25.0. The van der Waals surface area contributed by atoms with Crippen LogP contribution in [0.4, 0.5) is 0 Å². The van der Waals surface area contributed by atoms with Crippen molar-refractivity contribution in [3.63, 3.8) is 0 Å². The molecule has 0 fully saturated rings. The topological polar surface area (TPSA) is 94.4 Å². The Morgan fingerprint density at radius 1 is 1.21 bits per heavy atom. The number of hydrogen-bond donors (Lipinski definition) is 1. The van der Waals surface area contributed by atoms with E-state index in [1.807, 2.05) is 29.5 Å². The molecule has 0 unspecified atom stereocenters. The summed E-state index contributed by atoms with van der Waals surface area (Å²) in [6.45, 7) is 2.90. The zero-order valence-electron chi connectivity index (χ0n) is 15.3. The number of nitrogens with one attached hydrogen (secondary N) is 1. The molecule has 0 atom stereocenters. The number of para-hydroxylation sites is 1. The van der Waals surface area contributed by atoms with E-state index < -0.39 is 0 Å². The third kappa shape index (κ3) is 3.40. The van der Waals surface area contributed by atoms with Crippen LogP contribution in [0.2, 0.25) is 0 Å². The van der Waals surface area contributed by atoms with Crippen LogP contribution in [0.5, 0.6) is 0 Å². The predicted molar refractivity (Wildman–Crippen MR) is 106 cm³/mol. The van der Waals surface area contributed by atoms with Crippen LogP contribution >= 0.6 is 11.8 Å². The lowest BCUT2D eigenvalue weighted by Gasteiger charge is -2.10. The van der Waals surface area contributed by atoms with Gasteiger partial charge in [0.2, 0.25) is 11.7 Å². The zero-order chi connectivity index (χ0) is 19.5. The molecule has 0 spiro atoms. The summed E-state index contributed by atoms with van der Waals surface area (Å²) in [5.74, 6) is 1.23. The molecule has 0 saturated heterocycles.